The second kappa shape index (κ2) is 7.46. The van der Waals surface area contributed by atoms with Gasteiger partial charge in [0.05, 0.1) is 19.6 Å². The Bertz CT molecular complexity index is 386. The van der Waals surface area contributed by atoms with Gasteiger partial charge in [0.15, 0.2) is 5.11 Å². The highest BCUT2D eigenvalue weighted by Crippen LogP contribution is 2.00. The molecule has 1 aliphatic heterocycles. The van der Waals surface area contributed by atoms with Gasteiger partial charge in [0.2, 0.25) is 0 Å². The van der Waals surface area contributed by atoms with Crippen LogP contribution in [-0.4, -0.2) is 30.8 Å². The summed E-state index contributed by atoms with van der Waals surface area (Å²) in [5.74, 6) is 0. The largest absolute Gasteiger partial charge is 0.360 e. The van der Waals surface area contributed by atoms with Gasteiger partial charge in [-0.3, -0.25) is 0 Å². The van der Waals surface area contributed by atoms with Crippen LogP contribution in [0.1, 0.15) is 25.3 Å². The van der Waals surface area contributed by atoms with E-state index < -0.39 is 0 Å². The van der Waals surface area contributed by atoms with Crippen LogP contribution in [0.2, 0.25) is 0 Å². The molecule has 0 aliphatic carbocycles. The number of hydrogen-bond acceptors (Lipinski definition) is 1. The lowest BCUT2D eigenvalue weighted by Crippen LogP contribution is -3.13. The predicted molar refractivity (Wildman–Crippen MR) is 83.3 cm³/mol. The van der Waals surface area contributed by atoms with Crippen LogP contribution in [0.25, 0.3) is 0 Å². The van der Waals surface area contributed by atoms with E-state index in [2.05, 4.69) is 41.8 Å². The smallest absolute Gasteiger partial charge is 0.166 e. The van der Waals surface area contributed by atoms with E-state index in [1.54, 1.807) is 4.90 Å². The van der Waals surface area contributed by atoms with Crippen LogP contribution in [-0.2, 0) is 6.54 Å². The first kappa shape index (κ1) is 14.3. The molecule has 0 unspecified atom stereocenters. The maximum absolute atomic E-state index is 5.36. The van der Waals surface area contributed by atoms with Gasteiger partial charge < -0.3 is 15.5 Å². The van der Waals surface area contributed by atoms with Crippen molar-refractivity contribution < 1.29 is 4.90 Å². The Morgan fingerprint density at radius 2 is 1.95 bits per heavy atom. The summed E-state index contributed by atoms with van der Waals surface area (Å²) in [4.78, 5) is 1.71. The van der Waals surface area contributed by atoms with Crippen molar-refractivity contribution in [2.45, 2.75) is 32.4 Å². The first-order valence-corrected chi connectivity index (χ1v) is 7.60. The van der Waals surface area contributed by atoms with E-state index in [1.165, 1.54) is 38.0 Å². The molecule has 0 atom stereocenters. The standard InChI is InChI=1S/C15H23N3S/c1-2-18-10-8-14(9-11-18)17-15(19)16-12-13-6-4-3-5-7-13/h3-7,14H,2,8-12H2,1H3,(H2,16,17,19)/p+1. The van der Waals surface area contributed by atoms with Crippen molar-refractivity contribution in [3.63, 3.8) is 0 Å². The van der Waals surface area contributed by atoms with Gasteiger partial charge in [0, 0.05) is 25.4 Å². The number of nitrogens with one attached hydrogen (secondary N) is 3. The third-order valence-electron chi connectivity index (χ3n) is 3.82. The molecule has 0 amide bonds. The highest BCUT2D eigenvalue weighted by Gasteiger charge is 2.20. The van der Waals surface area contributed by atoms with Crippen LogP contribution in [0.5, 0.6) is 0 Å². The summed E-state index contributed by atoms with van der Waals surface area (Å²) in [6.45, 7) is 6.81. The van der Waals surface area contributed by atoms with Gasteiger partial charge in [-0.2, -0.15) is 0 Å². The zero-order valence-corrected chi connectivity index (χ0v) is 12.4. The van der Waals surface area contributed by atoms with Gasteiger partial charge >= 0.3 is 0 Å². The van der Waals surface area contributed by atoms with E-state index in [4.69, 9.17) is 12.2 Å². The third-order valence-corrected chi connectivity index (χ3v) is 4.09. The Labute approximate surface area is 121 Å². The molecule has 0 bridgehead atoms. The van der Waals surface area contributed by atoms with Crippen LogP contribution in [0, 0.1) is 0 Å². The van der Waals surface area contributed by atoms with Gasteiger partial charge in [-0.1, -0.05) is 30.3 Å². The number of likely N-dealkylation sites (tertiary alicyclic amines) is 1. The Kier molecular flexibility index (Phi) is 5.61. The maximum Gasteiger partial charge on any atom is 0.166 e. The molecular formula is C15H24N3S+. The van der Waals surface area contributed by atoms with Crippen LogP contribution < -0.4 is 15.5 Å². The van der Waals surface area contributed by atoms with Crippen LogP contribution >= 0.6 is 12.2 Å². The van der Waals surface area contributed by atoms with Crippen LogP contribution in [0.3, 0.4) is 0 Å². The van der Waals surface area contributed by atoms with Crippen LogP contribution in [0.15, 0.2) is 30.3 Å². The zero-order valence-electron chi connectivity index (χ0n) is 11.6. The quantitative estimate of drug-likeness (QED) is 0.709. The first-order chi connectivity index (χ1) is 9.28. The summed E-state index contributed by atoms with van der Waals surface area (Å²) in [7, 11) is 0. The van der Waals surface area contributed by atoms with Crippen molar-refractivity contribution in [2.75, 3.05) is 19.6 Å². The van der Waals surface area contributed by atoms with Crippen molar-refractivity contribution in [1.82, 2.24) is 10.6 Å². The van der Waals surface area contributed by atoms with E-state index in [9.17, 15) is 0 Å². The lowest BCUT2D eigenvalue weighted by atomic mass is 10.1. The molecule has 2 rings (SSSR count). The molecule has 3 N–H and O–H groups in total. The minimum atomic E-state index is 0.547. The maximum atomic E-state index is 5.36. The van der Waals surface area contributed by atoms with E-state index in [-0.39, 0.29) is 0 Å². The van der Waals surface area contributed by atoms with Gasteiger partial charge in [-0.05, 0) is 24.7 Å². The number of quaternary nitrogens is 1. The predicted octanol–water partition coefficient (Wildman–Crippen LogP) is 0.718. The Morgan fingerprint density at radius 1 is 1.26 bits per heavy atom. The molecule has 1 aromatic carbocycles. The monoisotopic (exact) mass is 278 g/mol. The fourth-order valence-electron chi connectivity index (χ4n) is 2.54. The second-order valence-electron chi connectivity index (χ2n) is 5.19. The highest BCUT2D eigenvalue weighted by atomic mass is 32.1. The average molecular weight is 278 g/mol. The van der Waals surface area contributed by atoms with Crippen molar-refractivity contribution in [3.8, 4) is 0 Å². The fraction of sp³-hybridized carbons (Fsp3) is 0.533. The van der Waals surface area contributed by atoms with E-state index >= 15 is 0 Å². The molecular weight excluding hydrogens is 254 g/mol. The number of piperidine rings is 1. The average Bonchev–Trinajstić information content (AvgIpc) is 2.47. The Balaban J connectivity index is 1.67. The molecule has 0 aromatic heterocycles. The normalized spacial score (nSPS) is 22.8. The second-order valence-corrected chi connectivity index (χ2v) is 5.60. The SMILES string of the molecule is CC[NH+]1CCC(NC(=S)NCc2ccccc2)CC1. The van der Waals surface area contributed by atoms with Gasteiger partial charge in [0.1, 0.15) is 0 Å². The Hall–Kier alpha value is -1.13. The molecule has 4 heteroatoms. The van der Waals surface area contributed by atoms with Crippen molar-refractivity contribution >= 4 is 17.3 Å². The van der Waals surface area contributed by atoms with Crippen LogP contribution in [0.4, 0.5) is 0 Å². The topological polar surface area (TPSA) is 28.5 Å². The molecule has 1 fully saturated rings. The Morgan fingerprint density at radius 3 is 2.58 bits per heavy atom. The van der Waals surface area contributed by atoms with E-state index in [1.807, 2.05) is 6.07 Å². The lowest BCUT2D eigenvalue weighted by molar-refractivity contribution is -0.903. The molecule has 0 saturated carbocycles. The van der Waals surface area contributed by atoms with Crippen molar-refractivity contribution in [1.29, 1.82) is 0 Å². The summed E-state index contributed by atoms with van der Waals surface area (Å²) in [5, 5.41) is 7.51. The van der Waals surface area contributed by atoms with E-state index in [0.717, 1.165) is 11.7 Å². The summed E-state index contributed by atoms with van der Waals surface area (Å²) in [6, 6.07) is 10.9. The van der Waals surface area contributed by atoms with Crippen molar-refractivity contribution in [2.24, 2.45) is 0 Å². The van der Waals surface area contributed by atoms with Gasteiger partial charge in [-0.15, -0.1) is 0 Å². The molecule has 0 radical (unpaired) electrons. The molecule has 1 aromatic rings. The summed E-state index contributed by atoms with van der Waals surface area (Å²) in [5.41, 5.74) is 1.26. The van der Waals surface area contributed by atoms with Gasteiger partial charge in [-0.25, -0.2) is 0 Å². The minimum absolute atomic E-state index is 0.547. The number of rotatable bonds is 4. The van der Waals surface area contributed by atoms with E-state index in [0.29, 0.717) is 6.04 Å². The number of hydrogen-bond donors (Lipinski definition) is 3. The summed E-state index contributed by atoms with van der Waals surface area (Å²) >= 11 is 5.36. The lowest BCUT2D eigenvalue weighted by Gasteiger charge is -2.29. The summed E-state index contributed by atoms with van der Waals surface area (Å²) in [6.07, 6.45) is 2.44. The summed E-state index contributed by atoms with van der Waals surface area (Å²) < 4.78 is 0. The molecule has 0 spiro atoms. The fourth-order valence-corrected chi connectivity index (χ4v) is 2.78. The molecule has 1 aliphatic rings. The minimum Gasteiger partial charge on any atom is -0.360 e. The molecule has 3 nitrogen and oxygen atoms in total. The van der Waals surface area contributed by atoms with Gasteiger partial charge in [0.25, 0.3) is 0 Å². The highest BCUT2D eigenvalue weighted by molar-refractivity contribution is 7.80. The molecule has 1 heterocycles. The molecule has 19 heavy (non-hydrogen) atoms. The number of thiocarbonyl (C=S) groups is 1. The molecule has 104 valence electrons. The number of benzene rings is 1. The zero-order chi connectivity index (χ0) is 13.5. The first-order valence-electron chi connectivity index (χ1n) is 7.19. The molecule has 1 saturated heterocycles. The third kappa shape index (κ3) is 4.80. The van der Waals surface area contributed by atoms with Crippen molar-refractivity contribution in [3.05, 3.63) is 35.9 Å².